The molecular formula is C15H21F2NO. The highest BCUT2D eigenvalue weighted by molar-refractivity contribution is 5.18. The van der Waals surface area contributed by atoms with Gasteiger partial charge >= 0.3 is 0 Å². The van der Waals surface area contributed by atoms with Gasteiger partial charge in [-0.2, -0.15) is 0 Å². The monoisotopic (exact) mass is 269 g/mol. The fourth-order valence-corrected chi connectivity index (χ4v) is 2.72. The van der Waals surface area contributed by atoms with Crippen molar-refractivity contribution in [1.29, 1.82) is 0 Å². The van der Waals surface area contributed by atoms with E-state index in [1.807, 2.05) is 6.92 Å². The molecule has 2 N–H and O–H groups in total. The van der Waals surface area contributed by atoms with E-state index in [9.17, 15) is 8.78 Å². The molecular weight excluding hydrogens is 248 g/mol. The lowest BCUT2D eigenvalue weighted by Gasteiger charge is -2.36. The van der Waals surface area contributed by atoms with Gasteiger partial charge in [-0.25, -0.2) is 8.78 Å². The average Bonchev–Trinajstić information content (AvgIpc) is 2.31. The van der Waals surface area contributed by atoms with E-state index in [-0.39, 0.29) is 6.04 Å². The van der Waals surface area contributed by atoms with Gasteiger partial charge < -0.3 is 10.5 Å². The Kier molecular flexibility index (Phi) is 4.88. The molecule has 1 aromatic carbocycles. The molecule has 1 aliphatic rings. The summed E-state index contributed by atoms with van der Waals surface area (Å²) in [4.78, 5) is 0. The van der Waals surface area contributed by atoms with Crippen LogP contribution in [0.5, 0.6) is 0 Å². The first-order valence-electron chi connectivity index (χ1n) is 6.89. The van der Waals surface area contributed by atoms with Crippen LogP contribution < -0.4 is 5.73 Å². The van der Waals surface area contributed by atoms with Crippen molar-refractivity contribution in [3.05, 3.63) is 35.4 Å². The Hall–Kier alpha value is -1.00. The molecule has 4 heteroatoms. The fourth-order valence-electron chi connectivity index (χ4n) is 2.72. The van der Waals surface area contributed by atoms with E-state index in [1.165, 1.54) is 6.07 Å². The predicted octanol–water partition coefficient (Wildman–Crippen LogP) is 3.04. The molecule has 1 aliphatic carbocycles. The van der Waals surface area contributed by atoms with E-state index in [4.69, 9.17) is 10.5 Å². The van der Waals surface area contributed by atoms with E-state index in [2.05, 4.69) is 0 Å². The number of rotatable bonds is 6. The molecule has 1 saturated carbocycles. The summed E-state index contributed by atoms with van der Waals surface area (Å²) in [6.45, 7) is 2.76. The second-order valence-electron chi connectivity index (χ2n) is 5.36. The maximum atomic E-state index is 13.1. The molecule has 2 rings (SSSR count). The summed E-state index contributed by atoms with van der Waals surface area (Å²) in [5.74, 6) is -1.00. The number of benzene rings is 1. The zero-order valence-corrected chi connectivity index (χ0v) is 11.2. The van der Waals surface area contributed by atoms with Gasteiger partial charge in [0.1, 0.15) is 0 Å². The van der Waals surface area contributed by atoms with E-state index in [1.54, 1.807) is 6.07 Å². The third-order valence-corrected chi connectivity index (χ3v) is 3.71. The smallest absolute Gasteiger partial charge is 0.159 e. The predicted molar refractivity (Wildman–Crippen MR) is 70.8 cm³/mol. The Balaban J connectivity index is 1.75. The number of halogens is 2. The van der Waals surface area contributed by atoms with Crippen LogP contribution in [0.3, 0.4) is 0 Å². The second kappa shape index (κ2) is 6.44. The molecule has 0 bridgehead atoms. The summed E-state index contributed by atoms with van der Waals surface area (Å²) in [6.07, 6.45) is 4.04. The minimum atomic E-state index is -0.809. The van der Waals surface area contributed by atoms with Crippen LogP contribution in [-0.4, -0.2) is 18.8 Å². The summed E-state index contributed by atoms with van der Waals surface area (Å²) in [6, 6.07) is 3.99. The van der Waals surface area contributed by atoms with Crippen LogP contribution in [0.15, 0.2) is 18.2 Å². The molecule has 0 heterocycles. The third kappa shape index (κ3) is 3.98. The highest BCUT2D eigenvalue weighted by Gasteiger charge is 2.30. The van der Waals surface area contributed by atoms with E-state index in [0.717, 1.165) is 37.5 Å². The van der Waals surface area contributed by atoms with Crippen LogP contribution in [0.2, 0.25) is 0 Å². The van der Waals surface area contributed by atoms with Crippen molar-refractivity contribution < 1.29 is 13.5 Å². The molecule has 1 fully saturated rings. The summed E-state index contributed by atoms with van der Waals surface area (Å²) in [5.41, 5.74) is 6.82. The van der Waals surface area contributed by atoms with Crippen LogP contribution in [0.25, 0.3) is 0 Å². The van der Waals surface area contributed by atoms with Gasteiger partial charge in [0.05, 0.1) is 6.10 Å². The lowest BCUT2D eigenvalue weighted by molar-refractivity contribution is -0.0280. The van der Waals surface area contributed by atoms with Crippen molar-refractivity contribution >= 4 is 0 Å². The maximum Gasteiger partial charge on any atom is 0.159 e. The molecule has 1 unspecified atom stereocenters. The fraction of sp³-hybridized carbons (Fsp3) is 0.600. The molecule has 1 atom stereocenters. The van der Waals surface area contributed by atoms with E-state index in [0.29, 0.717) is 18.4 Å². The van der Waals surface area contributed by atoms with Crippen molar-refractivity contribution in [2.24, 2.45) is 11.7 Å². The average molecular weight is 269 g/mol. The van der Waals surface area contributed by atoms with Gasteiger partial charge in [-0.05, 0) is 56.2 Å². The molecule has 1 aromatic rings. The summed E-state index contributed by atoms with van der Waals surface area (Å²) in [5, 5.41) is 0. The molecule has 0 aliphatic heterocycles. The van der Waals surface area contributed by atoms with Gasteiger partial charge in [-0.15, -0.1) is 0 Å². The Morgan fingerprint density at radius 1 is 1.32 bits per heavy atom. The lowest BCUT2D eigenvalue weighted by Crippen LogP contribution is -2.36. The highest BCUT2D eigenvalue weighted by Crippen LogP contribution is 2.33. The standard InChI is InChI=1S/C15H21F2NO/c1-2-19-13-7-11(8-13)6-12(18)5-10-3-4-14(16)15(17)9-10/h3-4,9,11-13H,2,5-8,18H2,1H3. The minimum Gasteiger partial charge on any atom is -0.378 e. The van der Waals surface area contributed by atoms with Gasteiger partial charge in [0.25, 0.3) is 0 Å². The van der Waals surface area contributed by atoms with Gasteiger partial charge in [-0.1, -0.05) is 6.07 Å². The Labute approximate surface area is 112 Å². The summed E-state index contributed by atoms with van der Waals surface area (Å²) < 4.78 is 31.4. The second-order valence-corrected chi connectivity index (χ2v) is 5.36. The first kappa shape index (κ1) is 14.4. The number of hydrogen-bond acceptors (Lipinski definition) is 2. The normalized spacial score (nSPS) is 24.0. The Morgan fingerprint density at radius 2 is 2.05 bits per heavy atom. The zero-order valence-electron chi connectivity index (χ0n) is 11.2. The van der Waals surface area contributed by atoms with Crippen molar-refractivity contribution in [3.63, 3.8) is 0 Å². The molecule has 0 spiro atoms. The van der Waals surface area contributed by atoms with Gasteiger partial charge in [0.15, 0.2) is 11.6 Å². The summed E-state index contributed by atoms with van der Waals surface area (Å²) in [7, 11) is 0. The zero-order chi connectivity index (χ0) is 13.8. The van der Waals surface area contributed by atoms with Crippen LogP contribution in [0.4, 0.5) is 8.78 Å². The maximum absolute atomic E-state index is 13.1. The SMILES string of the molecule is CCOC1CC(CC(N)Cc2ccc(F)c(F)c2)C1. The minimum absolute atomic E-state index is 0.00237. The van der Waals surface area contributed by atoms with E-state index >= 15 is 0 Å². The number of nitrogens with two attached hydrogens (primary N) is 1. The molecule has 19 heavy (non-hydrogen) atoms. The summed E-state index contributed by atoms with van der Waals surface area (Å²) >= 11 is 0. The lowest BCUT2D eigenvalue weighted by atomic mass is 9.77. The molecule has 0 aromatic heterocycles. The molecule has 2 nitrogen and oxygen atoms in total. The molecule has 106 valence electrons. The van der Waals surface area contributed by atoms with Crippen molar-refractivity contribution in [2.45, 2.75) is 44.8 Å². The first-order chi connectivity index (χ1) is 9.08. The Bertz CT molecular complexity index is 419. The molecule has 0 saturated heterocycles. The van der Waals surface area contributed by atoms with Crippen LogP contribution in [0.1, 0.15) is 31.7 Å². The largest absolute Gasteiger partial charge is 0.378 e. The molecule has 0 amide bonds. The van der Waals surface area contributed by atoms with Gasteiger partial charge in [0.2, 0.25) is 0 Å². The number of hydrogen-bond donors (Lipinski definition) is 1. The first-order valence-corrected chi connectivity index (χ1v) is 6.89. The van der Waals surface area contributed by atoms with Crippen molar-refractivity contribution in [1.82, 2.24) is 0 Å². The van der Waals surface area contributed by atoms with Gasteiger partial charge in [-0.3, -0.25) is 0 Å². The Morgan fingerprint density at radius 3 is 2.68 bits per heavy atom. The van der Waals surface area contributed by atoms with Crippen molar-refractivity contribution in [3.8, 4) is 0 Å². The van der Waals surface area contributed by atoms with Crippen LogP contribution in [-0.2, 0) is 11.2 Å². The topological polar surface area (TPSA) is 35.2 Å². The third-order valence-electron chi connectivity index (χ3n) is 3.71. The van der Waals surface area contributed by atoms with Gasteiger partial charge in [0, 0.05) is 12.6 Å². The highest BCUT2D eigenvalue weighted by atomic mass is 19.2. The molecule has 0 radical (unpaired) electrons. The number of ether oxygens (including phenoxy) is 1. The quantitative estimate of drug-likeness (QED) is 0.861. The van der Waals surface area contributed by atoms with Crippen LogP contribution in [0, 0.1) is 17.6 Å². The van der Waals surface area contributed by atoms with Crippen molar-refractivity contribution in [2.75, 3.05) is 6.61 Å². The van der Waals surface area contributed by atoms with E-state index < -0.39 is 11.6 Å². The van der Waals surface area contributed by atoms with Crippen LogP contribution >= 0.6 is 0 Å².